The molecule has 4 nitrogen and oxygen atoms in total. The number of aromatic nitrogens is 3. The topological polar surface area (TPSA) is 34.0 Å². The molecule has 1 aliphatic rings. The molecule has 0 N–H and O–H groups in total. The molecular formula is C12H13BrF2N4. The second-order valence-electron chi connectivity index (χ2n) is 4.82. The minimum absolute atomic E-state index is 0.124. The maximum Gasteiger partial charge on any atom is 0.251 e. The van der Waals surface area contributed by atoms with Gasteiger partial charge in [0.2, 0.25) is 0 Å². The molecule has 0 aliphatic carbocycles. The third-order valence-electron chi connectivity index (χ3n) is 3.46. The second kappa shape index (κ2) is 4.40. The Morgan fingerprint density at radius 1 is 1.32 bits per heavy atom. The summed E-state index contributed by atoms with van der Waals surface area (Å²) in [5.74, 6) is -1.83. The Hall–Kier alpha value is -1.24. The van der Waals surface area contributed by atoms with Gasteiger partial charge in [0.05, 0.1) is 6.20 Å². The van der Waals surface area contributed by atoms with Crippen LogP contribution >= 0.6 is 15.9 Å². The first-order chi connectivity index (χ1) is 8.96. The van der Waals surface area contributed by atoms with Crippen molar-refractivity contribution in [2.24, 2.45) is 7.05 Å². The lowest BCUT2D eigenvalue weighted by atomic mass is 10.1. The summed E-state index contributed by atoms with van der Waals surface area (Å²) in [5, 5.41) is 5.16. The first-order valence-corrected chi connectivity index (χ1v) is 6.87. The SMILES string of the molecule is Cn1ncc2cc(Br)nc(N3CCC(F)(F)CC3)c21. The molecule has 2 aromatic heterocycles. The lowest BCUT2D eigenvalue weighted by Gasteiger charge is -2.33. The van der Waals surface area contributed by atoms with Gasteiger partial charge in [-0.2, -0.15) is 5.10 Å². The van der Waals surface area contributed by atoms with Crippen molar-refractivity contribution in [2.75, 3.05) is 18.0 Å². The van der Waals surface area contributed by atoms with E-state index < -0.39 is 5.92 Å². The molecule has 0 radical (unpaired) electrons. The summed E-state index contributed by atoms with van der Waals surface area (Å²) in [6.45, 7) is 0.632. The van der Waals surface area contributed by atoms with Gasteiger partial charge < -0.3 is 4.90 Å². The summed E-state index contributed by atoms with van der Waals surface area (Å²) in [4.78, 5) is 6.35. The number of rotatable bonds is 1. The standard InChI is InChI=1S/C12H13BrF2N4/c1-18-10-8(7-16-18)6-9(13)17-11(10)19-4-2-12(14,15)3-5-19/h6-7H,2-5H2,1H3. The van der Waals surface area contributed by atoms with Crippen LogP contribution < -0.4 is 4.90 Å². The number of halogens is 3. The summed E-state index contributed by atoms with van der Waals surface area (Å²) in [6.07, 6.45) is 1.50. The van der Waals surface area contributed by atoms with Crippen molar-refractivity contribution in [2.45, 2.75) is 18.8 Å². The van der Waals surface area contributed by atoms with Gasteiger partial charge in [-0.25, -0.2) is 13.8 Å². The van der Waals surface area contributed by atoms with Gasteiger partial charge in [0, 0.05) is 38.4 Å². The van der Waals surface area contributed by atoms with E-state index in [0.717, 1.165) is 16.7 Å². The van der Waals surface area contributed by atoms with Crippen LogP contribution in [0.3, 0.4) is 0 Å². The van der Waals surface area contributed by atoms with Gasteiger partial charge in [-0.1, -0.05) is 0 Å². The predicted octanol–water partition coefficient (Wildman–Crippen LogP) is 2.97. The van der Waals surface area contributed by atoms with Crippen LogP contribution in [-0.4, -0.2) is 33.8 Å². The lowest BCUT2D eigenvalue weighted by molar-refractivity contribution is -0.0221. The number of anilines is 1. The third-order valence-corrected chi connectivity index (χ3v) is 3.87. The van der Waals surface area contributed by atoms with Crippen LogP contribution in [0.4, 0.5) is 14.6 Å². The van der Waals surface area contributed by atoms with Crippen LogP contribution in [0.1, 0.15) is 12.8 Å². The van der Waals surface area contributed by atoms with Gasteiger partial charge in [-0.3, -0.25) is 4.68 Å². The molecule has 0 spiro atoms. The van der Waals surface area contributed by atoms with E-state index in [1.54, 1.807) is 10.9 Å². The molecule has 2 aromatic rings. The molecule has 19 heavy (non-hydrogen) atoms. The van der Waals surface area contributed by atoms with Crippen LogP contribution in [0.25, 0.3) is 10.9 Å². The number of aryl methyl sites for hydroxylation is 1. The van der Waals surface area contributed by atoms with Crippen LogP contribution in [-0.2, 0) is 7.05 Å². The fraction of sp³-hybridized carbons (Fsp3) is 0.500. The number of fused-ring (bicyclic) bond motifs is 1. The summed E-state index contributed by atoms with van der Waals surface area (Å²) in [7, 11) is 1.83. The molecule has 0 saturated carbocycles. The number of nitrogens with zero attached hydrogens (tertiary/aromatic N) is 4. The first-order valence-electron chi connectivity index (χ1n) is 6.07. The van der Waals surface area contributed by atoms with Crippen molar-refractivity contribution < 1.29 is 8.78 Å². The highest BCUT2D eigenvalue weighted by molar-refractivity contribution is 9.10. The molecule has 0 unspecified atom stereocenters. The number of hydrogen-bond donors (Lipinski definition) is 0. The third kappa shape index (κ3) is 2.31. The Morgan fingerprint density at radius 2 is 2.00 bits per heavy atom. The van der Waals surface area contributed by atoms with Crippen LogP contribution in [0.5, 0.6) is 0 Å². The number of hydrogen-bond acceptors (Lipinski definition) is 3. The Balaban J connectivity index is 2.03. The van der Waals surface area contributed by atoms with Crippen molar-refractivity contribution in [3.63, 3.8) is 0 Å². The van der Waals surface area contributed by atoms with E-state index in [2.05, 4.69) is 26.0 Å². The maximum atomic E-state index is 13.2. The zero-order valence-electron chi connectivity index (χ0n) is 10.4. The Bertz CT molecular complexity index is 615. The molecule has 0 aromatic carbocycles. The highest BCUT2D eigenvalue weighted by Gasteiger charge is 2.35. The van der Waals surface area contributed by atoms with Gasteiger partial charge in [-0.15, -0.1) is 0 Å². The number of alkyl halides is 2. The molecule has 0 atom stereocenters. The van der Waals surface area contributed by atoms with Crippen molar-refractivity contribution in [1.29, 1.82) is 0 Å². The molecule has 102 valence electrons. The highest BCUT2D eigenvalue weighted by atomic mass is 79.9. The highest BCUT2D eigenvalue weighted by Crippen LogP contribution is 2.33. The van der Waals surface area contributed by atoms with Gasteiger partial charge in [-0.05, 0) is 22.0 Å². The summed E-state index contributed by atoms with van der Waals surface area (Å²) in [5.41, 5.74) is 0.883. The number of piperidine rings is 1. The fourth-order valence-electron chi connectivity index (χ4n) is 2.41. The average Bonchev–Trinajstić information content (AvgIpc) is 2.70. The summed E-state index contributed by atoms with van der Waals surface area (Å²) >= 11 is 3.36. The molecule has 3 heterocycles. The fourth-order valence-corrected chi connectivity index (χ4v) is 2.83. The van der Waals surface area contributed by atoms with Gasteiger partial charge in [0.25, 0.3) is 5.92 Å². The maximum absolute atomic E-state index is 13.2. The summed E-state index contributed by atoms with van der Waals surface area (Å²) in [6, 6.07) is 1.88. The smallest absolute Gasteiger partial charge is 0.251 e. The van der Waals surface area contributed by atoms with E-state index in [9.17, 15) is 8.78 Å². The molecule has 7 heteroatoms. The van der Waals surface area contributed by atoms with Crippen LogP contribution in [0.15, 0.2) is 16.9 Å². The van der Waals surface area contributed by atoms with E-state index in [0.29, 0.717) is 17.7 Å². The summed E-state index contributed by atoms with van der Waals surface area (Å²) < 4.78 is 28.9. The molecule has 0 bridgehead atoms. The Morgan fingerprint density at radius 3 is 2.68 bits per heavy atom. The van der Waals surface area contributed by atoms with Gasteiger partial charge >= 0.3 is 0 Å². The normalized spacial score (nSPS) is 19.1. The van der Waals surface area contributed by atoms with E-state index in [-0.39, 0.29) is 12.8 Å². The number of pyridine rings is 1. The Kier molecular flexibility index (Phi) is 2.96. The average molecular weight is 331 g/mol. The Labute approximate surface area is 117 Å². The molecule has 1 saturated heterocycles. The zero-order valence-corrected chi connectivity index (χ0v) is 12.0. The second-order valence-corrected chi connectivity index (χ2v) is 5.63. The van der Waals surface area contributed by atoms with Crippen molar-refractivity contribution in [3.8, 4) is 0 Å². The minimum atomic E-state index is -2.55. The predicted molar refractivity (Wildman–Crippen MR) is 72.6 cm³/mol. The molecule has 1 aliphatic heterocycles. The molecular weight excluding hydrogens is 318 g/mol. The molecule has 1 fully saturated rings. The van der Waals surface area contributed by atoms with E-state index in [1.165, 1.54) is 0 Å². The minimum Gasteiger partial charge on any atom is -0.354 e. The van der Waals surface area contributed by atoms with E-state index in [1.807, 2.05) is 18.0 Å². The zero-order chi connectivity index (χ0) is 13.6. The quantitative estimate of drug-likeness (QED) is 0.754. The first kappa shape index (κ1) is 12.8. The monoisotopic (exact) mass is 330 g/mol. The van der Waals surface area contributed by atoms with Crippen LogP contribution in [0, 0.1) is 0 Å². The lowest BCUT2D eigenvalue weighted by Crippen LogP contribution is -2.40. The van der Waals surface area contributed by atoms with Crippen molar-refractivity contribution in [3.05, 3.63) is 16.9 Å². The van der Waals surface area contributed by atoms with Crippen molar-refractivity contribution in [1.82, 2.24) is 14.8 Å². The van der Waals surface area contributed by atoms with Gasteiger partial charge in [0.1, 0.15) is 10.1 Å². The van der Waals surface area contributed by atoms with Crippen molar-refractivity contribution >= 4 is 32.7 Å². The van der Waals surface area contributed by atoms with Gasteiger partial charge in [0.15, 0.2) is 5.82 Å². The molecule has 3 rings (SSSR count). The molecule has 0 amide bonds. The van der Waals surface area contributed by atoms with E-state index in [4.69, 9.17) is 0 Å². The van der Waals surface area contributed by atoms with Crippen LogP contribution in [0.2, 0.25) is 0 Å². The van der Waals surface area contributed by atoms with E-state index >= 15 is 0 Å². The largest absolute Gasteiger partial charge is 0.354 e.